The first kappa shape index (κ1) is 15.6. The van der Waals surface area contributed by atoms with Gasteiger partial charge >= 0.3 is 0 Å². The van der Waals surface area contributed by atoms with E-state index in [0.717, 1.165) is 31.1 Å². The fourth-order valence-electron chi connectivity index (χ4n) is 7.92. The van der Waals surface area contributed by atoms with E-state index >= 15 is 0 Å². The first-order valence-electron chi connectivity index (χ1n) is 9.99. The first-order chi connectivity index (χ1) is 11.3. The lowest BCUT2D eigenvalue weighted by molar-refractivity contribution is -0.126. The van der Waals surface area contributed by atoms with E-state index in [0.29, 0.717) is 23.2 Å². The van der Waals surface area contributed by atoms with Crippen molar-refractivity contribution in [1.82, 2.24) is 5.32 Å². The van der Waals surface area contributed by atoms with Crippen molar-refractivity contribution >= 4 is 5.78 Å². The highest BCUT2D eigenvalue weighted by molar-refractivity contribution is 5.92. The van der Waals surface area contributed by atoms with Gasteiger partial charge < -0.3 is 5.11 Å². The molecule has 4 fully saturated rings. The Morgan fingerprint density at radius 2 is 2.04 bits per heavy atom. The summed E-state index contributed by atoms with van der Waals surface area (Å²) < 4.78 is 0. The number of allylic oxidation sites excluding steroid dienone is 1. The first-order valence-corrected chi connectivity index (χ1v) is 9.99. The van der Waals surface area contributed by atoms with Crippen LogP contribution in [0.4, 0.5) is 0 Å². The summed E-state index contributed by atoms with van der Waals surface area (Å²) in [6.45, 7) is 6.68. The maximum Gasteiger partial charge on any atom is 0.151 e. The van der Waals surface area contributed by atoms with Crippen LogP contribution in [0.1, 0.15) is 65.7 Å². The van der Waals surface area contributed by atoms with Gasteiger partial charge in [-0.3, -0.25) is 10.1 Å². The van der Waals surface area contributed by atoms with E-state index < -0.39 is 0 Å². The lowest BCUT2D eigenvalue weighted by Crippen LogP contribution is -2.55. The van der Waals surface area contributed by atoms with Gasteiger partial charge in [-0.1, -0.05) is 25.5 Å². The highest BCUT2D eigenvalue weighted by Crippen LogP contribution is 2.70. The molecule has 1 aliphatic heterocycles. The molecular weight excluding hydrogens is 298 g/mol. The zero-order valence-corrected chi connectivity index (χ0v) is 15.3. The van der Waals surface area contributed by atoms with Gasteiger partial charge in [0.25, 0.3) is 0 Å². The topological polar surface area (TPSA) is 59.2 Å². The Balaban J connectivity index is 1.51. The molecule has 0 aromatic rings. The minimum Gasteiger partial charge on any atom is -0.393 e. The van der Waals surface area contributed by atoms with Crippen LogP contribution < -0.4 is 5.32 Å². The van der Waals surface area contributed by atoms with Crippen LogP contribution in [0.5, 0.6) is 0 Å². The predicted octanol–water partition coefficient (Wildman–Crippen LogP) is 3.22. The Kier molecular flexibility index (Phi) is 2.94. The average Bonchev–Trinajstić information content (AvgIpc) is 3.21. The molecule has 4 aliphatic carbocycles. The number of hydrogen-bond donors (Lipinski definition) is 2. The molecule has 8 atom stereocenters. The van der Waals surface area contributed by atoms with Crippen molar-refractivity contribution in [2.75, 3.05) is 0 Å². The Hall–Kier alpha value is -0.670. The highest BCUT2D eigenvalue weighted by atomic mass is 16.3. The summed E-state index contributed by atoms with van der Waals surface area (Å²) in [5.41, 5.74) is 1.79. The largest absolute Gasteiger partial charge is 0.393 e. The summed E-state index contributed by atoms with van der Waals surface area (Å²) >= 11 is 0. The van der Waals surface area contributed by atoms with Crippen LogP contribution in [0.3, 0.4) is 0 Å². The molecule has 1 saturated heterocycles. The van der Waals surface area contributed by atoms with Crippen LogP contribution in [-0.4, -0.2) is 28.6 Å². The number of ketones is 1. The van der Waals surface area contributed by atoms with E-state index in [-0.39, 0.29) is 17.1 Å². The molecule has 2 N–H and O–H groups in total. The van der Waals surface area contributed by atoms with Crippen LogP contribution in [0, 0.1) is 28.6 Å². The fourth-order valence-corrected chi connectivity index (χ4v) is 7.92. The zero-order chi connectivity index (χ0) is 16.9. The summed E-state index contributed by atoms with van der Waals surface area (Å²) in [6.07, 6.45) is 10.2. The second-order valence-electron chi connectivity index (χ2n) is 9.91. The number of aliphatic hydroxyl groups is 1. The highest BCUT2D eigenvalue weighted by Gasteiger charge is 2.77. The standard InChI is InChI=1S/C21H31NO2/c1-12(23)21-18(22-21)11-17-15-5-4-13-10-14(24)6-8-19(13,2)16(15)7-9-20(17,21)3/h4,14-18,22,24H,5-11H2,1-3H3/t14-,15-,16+,17+,18-,19-,20-,21-/m0/s1. The average molecular weight is 329 g/mol. The van der Waals surface area contributed by atoms with Gasteiger partial charge in [0, 0.05) is 6.04 Å². The molecule has 0 radical (unpaired) electrons. The van der Waals surface area contributed by atoms with E-state index in [1.165, 1.54) is 31.3 Å². The third-order valence-corrected chi connectivity index (χ3v) is 9.25. The molecule has 3 saturated carbocycles. The molecule has 0 unspecified atom stereocenters. The number of hydrogen-bond acceptors (Lipinski definition) is 3. The van der Waals surface area contributed by atoms with Crippen LogP contribution in [0.25, 0.3) is 0 Å². The molecule has 0 aromatic carbocycles. The van der Waals surface area contributed by atoms with Crippen LogP contribution in [-0.2, 0) is 4.79 Å². The summed E-state index contributed by atoms with van der Waals surface area (Å²) in [6, 6.07) is 0.440. The molecule has 0 bridgehead atoms. The number of piperidine rings is 1. The number of carbonyl (C=O) groups excluding carboxylic acids is 1. The van der Waals surface area contributed by atoms with Gasteiger partial charge in [0.1, 0.15) is 0 Å². The van der Waals surface area contributed by atoms with Gasteiger partial charge in [0.05, 0.1) is 11.6 Å². The number of Topliss-reactive ketones (excluding diaryl/α,β-unsaturated/α-hetero) is 1. The van der Waals surface area contributed by atoms with Crippen molar-refractivity contribution in [1.29, 1.82) is 0 Å². The molecule has 5 rings (SSSR count). The monoisotopic (exact) mass is 329 g/mol. The van der Waals surface area contributed by atoms with Gasteiger partial charge in [0.2, 0.25) is 0 Å². The molecule has 3 nitrogen and oxygen atoms in total. The zero-order valence-electron chi connectivity index (χ0n) is 15.3. The Labute approximate surface area is 145 Å². The minimum absolute atomic E-state index is 0.126. The lowest BCUT2D eigenvalue weighted by atomic mass is 9.46. The van der Waals surface area contributed by atoms with Gasteiger partial charge in [0.15, 0.2) is 5.78 Å². The Bertz CT molecular complexity index is 642. The van der Waals surface area contributed by atoms with E-state index in [4.69, 9.17) is 0 Å². The van der Waals surface area contributed by atoms with Gasteiger partial charge in [-0.05, 0) is 80.5 Å². The predicted molar refractivity (Wildman–Crippen MR) is 93.4 cm³/mol. The molecule has 0 amide bonds. The van der Waals surface area contributed by atoms with Crippen LogP contribution >= 0.6 is 0 Å². The summed E-state index contributed by atoms with van der Waals surface area (Å²) in [4.78, 5) is 12.5. The minimum atomic E-state index is -0.198. The molecule has 132 valence electrons. The third kappa shape index (κ3) is 1.60. The number of rotatable bonds is 1. The van der Waals surface area contributed by atoms with Crippen molar-refractivity contribution in [3.05, 3.63) is 11.6 Å². The number of nitrogens with one attached hydrogen (secondary N) is 1. The van der Waals surface area contributed by atoms with E-state index in [1.54, 1.807) is 6.92 Å². The second-order valence-corrected chi connectivity index (χ2v) is 9.91. The van der Waals surface area contributed by atoms with Crippen molar-refractivity contribution < 1.29 is 9.90 Å². The summed E-state index contributed by atoms with van der Waals surface area (Å²) in [5, 5.41) is 13.7. The summed E-state index contributed by atoms with van der Waals surface area (Å²) in [7, 11) is 0. The number of fused-ring (bicyclic) bond motifs is 7. The van der Waals surface area contributed by atoms with Gasteiger partial charge in [-0.2, -0.15) is 0 Å². The molecule has 3 heteroatoms. The SMILES string of the molecule is CC(=O)[C@]12N[C@H]1C[C@@H]1[C@H]3CC=C4C[C@@H](O)CC[C@]4(C)[C@@H]3CC[C@@]12C. The van der Waals surface area contributed by atoms with E-state index in [9.17, 15) is 9.90 Å². The van der Waals surface area contributed by atoms with Crippen molar-refractivity contribution in [2.24, 2.45) is 28.6 Å². The van der Waals surface area contributed by atoms with Gasteiger partial charge in [-0.15, -0.1) is 0 Å². The maximum atomic E-state index is 12.5. The molecule has 5 aliphatic rings. The lowest BCUT2D eigenvalue weighted by Gasteiger charge is -2.58. The maximum absolute atomic E-state index is 12.5. The number of aliphatic hydroxyl groups excluding tert-OH is 1. The van der Waals surface area contributed by atoms with Crippen molar-refractivity contribution in [3.8, 4) is 0 Å². The second kappa shape index (κ2) is 4.54. The van der Waals surface area contributed by atoms with E-state index in [2.05, 4.69) is 25.2 Å². The third-order valence-electron chi connectivity index (χ3n) is 9.25. The molecular formula is C21H31NO2. The molecule has 0 aromatic heterocycles. The number of carbonyl (C=O) groups is 1. The fraction of sp³-hybridized carbons (Fsp3) is 0.857. The van der Waals surface area contributed by atoms with Crippen LogP contribution in [0.15, 0.2) is 11.6 Å². The van der Waals surface area contributed by atoms with Crippen molar-refractivity contribution in [3.63, 3.8) is 0 Å². The Morgan fingerprint density at radius 3 is 2.79 bits per heavy atom. The van der Waals surface area contributed by atoms with E-state index in [1.807, 2.05) is 0 Å². The molecule has 24 heavy (non-hydrogen) atoms. The van der Waals surface area contributed by atoms with Gasteiger partial charge in [-0.25, -0.2) is 0 Å². The summed E-state index contributed by atoms with van der Waals surface area (Å²) in [5.74, 6) is 2.55. The molecule has 0 spiro atoms. The van der Waals surface area contributed by atoms with Crippen molar-refractivity contribution in [2.45, 2.75) is 83.4 Å². The van der Waals surface area contributed by atoms with Crippen LogP contribution in [0.2, 0.25) is 0 Å². The smallest absolute Gasteiger partial charge is 0.151 e. The Morgan fingerprint density at radius 1 is 1.25 bits per heavy atom. The quantitative estimate of drug-likeness (QED) is 0.573. The normalized spacial score (nSPS) is 58.0. The molecule has 1 heterocycles.